The summed E-state index contributed by atoms with van der Waals surface area (Å²) in [5.41, 5.74) is 0.886. The van der Waals surface area contributed by atoms with Gasteiger partial charge in [0.05, 0.1) is 16.8 Å². The molecule has 0 aliphatic rings. The summed E-state index contributed by atoms with van der Waals surface area (Å²) in [5, 5.41) is 12.7. The summed E-state index contributed by atoms with van der Waals surface area (Å²) in [7, 11) is 0. The molecule has 0 unspecified atom stereocenters. The Kier molecular flexibility index (Phi) is 3.23. The van der Waals surface area contributed by atoms with Gasteiger partial charge in [0.2, 0.25) is 0 Å². The van der Waals surface area contributed by atoms with Crippen molar-refractivity contribution in [3.63, 3.8) is 0 Å². The first-order valence-electron chi connectivity index (χ1n) is 6.29. The van der Waals surface area contributed by atoms with E-state index in [2.05, 4.69) is 10.3 Å². The number of fused-ring (bicyclic) bond motifs is 1. The Labute approximate surface area is 119 Å². The van der Waals surface area contributed by atoms with Crippen molar-refractivity contribution in [1.29, 1.82) is 0 Å². The number of nitrogens with zero attached hydrogens (tertiary/aromatic N) is 1. The summed E-state index contributed by atoms with van der Waals surface area (Å²) in [5.74, 6) is -1.30. The summed E-state index contributed by atoms with van der Waals surface area (Å²) in [6.07, 6.45) is 0. The molecule has 104 valence electrons. The zero-order valence-corrected chi connectivity index (χ0v) is 10.9. The van der Waals surface area contributed by atoms with Gasteiger partial charge in [-0.1, -0.05) is 18.2 Å². The van der Waals surface area contributed by atoms with Gasteiger partial charge < -0.3 is 10.4 Å². The maximum Gasteiger partial charge on any atom is 0.335 e. The molecule has 0 amide bonds. The first kappa shape index (κ1) is 13.1. The molecule has 0 saturated carbocycles. The molecule has 1 aromatic heterocycles. The average Bonchev–Trinajstić information content (AvgIpc) is 2.49. The lowest BCUT2D eigenvalue weighted by atomic mass is 10.2. The lowest BCUT2D eigenvalue weighted by Crippen LogP contribution is -2.00. The second-order valence-corrected chi connectivity index (χ2v) is 4.51. The minimum Gasteiger partial charge on any atom is -0.478 e. The van der Waals surface area contributed by atoms with E-state index in [1.165, 1.54) is 12.1 Å². The molecular weight excluding hydrogens is 271 g/mol. The van der Waals surface area contributed by atoms with Crippen LogP contribution >= 0.6 is 0 Å². The van der Waals surface area contributed by atoms with Crippen LogP contribution in [0.3, 0.4) is 0 Å². The molecule has 21 heavy (non-hydrogen) atoms. The largest absolute Gasteiger partial charge is 0.478 e. The van der Waals surface area contributed by atoms with E-state index in [0.29, 0.717) is 5.82 Å². The maximum atomic E-state index is 13.9. The molecule has 5 heteroatoms. The van der Waals surface area contributed by atoms with Gasteiger partial charge >= 0.3 is 5.97 Å². The Morgan fingerprint density at radius 3 is 2.67 bits per heavy atom. The number of carboxylic acid groups (broad SMARTS) is 1. The van der Waals surface area contributed by atoms with E-state index < -0.39 is 11.8 Å². The summed E-state index contributed by atoms with van der Waals surface area (Å²) < 4.78 is 13.9. The summed E-state index contributed by atoms with van der Waals surface area (Å²) in [4.78, 5) is 15.1. The molecule has 0 spiro atoms. The van der Waals surface area contributed by atoms with Crippen LogP contribution in [0, 0.1) is 5.82 Å². The molecule has 1 heterocycles. The van der Waals surface area contributed by atoms with E-state index in [0.717, 1.165) is 17.0 Å². The standard InChI is InChI=1S/C16H11FN2O2/c17-12-9-11(16(20)21)5-7-14(12)19-15-8-6-10-3-1-2-4-13(10)18-15/h1-9H,(H,18,19)(H,20,21). The highest BCUT2D eigenvalue weighted by Crippen LogP contribution is 2.22. The van der Waals surface area contributed by atoms with Crippen molar-refractivity contribution in [2.75, 3.05) is 5.32 Å². The van der Waals surface area contributed by atoms with Crippen molar-refractivity contribution in [2.24, 2.45) is 0 Å². The number of pyridine rings is 1. The number of benzene rings is 2. The molecule has 0 radical (unpaired) electrons. The molecule has 0 atom stereocenters. The number of rotatable bonds is 3. The molecule has 0 bridgehead atoms. The van der Waals surface area contributed by atoms with Gasteiger partial charge in [-0.05, 0) is 36.4 Å². The number of aromatic carboxylic acids is 1. The highest BCUT2D eigenvalue weighted by molar-refractivity contribution is 5.88. The second-order valence-electron chi connectivity index (χ2n) is 4.51. The van der Waals surface area contributed by atoms with Crippen molar-refractivity contribution in [3.8, 4) is 0 Å². The van der Waals surface area contributed by atoms with Crippen molar-refractivity contribution in [3.05, 3.63) is 66.0 Å². The first-order chi connectivity index (χ1) is 10.1. The SMILES string of the molecule is O=C(O)c1ccc(Nc2ccc3ccccc3n2)c(F)c1. The van der Waals surface area contributed by atoms with Gasteiger partial charge in [0.1, 0.15) is 11.6 Å². The first-order valence-corrected chi connectivity index (χ1v) is 6.29. The minimum atomic E-state index is -1.16. The number of para-hydroxylation sites is 1. The Morgan fingerprint density at radius 1 is 1.10 bits per heavy atom. The smallest absolute Gasteiger partial charge is 0.335 e. The van der Waals surface area contributed by atoms with E-state index in [1.807, 2.05) is 30.3 Å². The van der Waals surface area contributed by atoms with E-state index >= 15 is 0 Å². The van der Waals surface area contributed by atoms with E-state index in [-0.39, 0.29) is 11.3 Å². The van der Waals surface area contributed by atoms with Gasteiger partial charge in [0.15, 0.2) is 0 Å². The van der Waals surface area contributed by atoms with Crippen molar-refractivity contribution >= 4 is 28.4 Å². The quantitative estimate of drug-likeness (QED) is 0.766. The summed E-state index contributed by atoms with van der Waals surface area (Å²) >= 11 is 0. The average molecular weight is 282 g/mol. The van der Waals surface area contributed by atoms with Gasteiger partial charge in [0.25, 0.3) is 0 Å². The Hall–Kier alpha value is -2.95. The van der Waals surface area contributed by atoms with Crippen LogP contribution in [0.2, 0.25) is 0 Å². The van der Waals surface area contributed by atoms with Crippen LogP contribution in [0.5, 0.6) is 0 Å². The number of carbonyl (C=O) groups is 1. The van der Waals surface area contributed by atoms with Gasteiger partial charge in [-0.25, -0.2) is 14.2 Å². The number of hydrogen-bond donors (Lipinski definition) is 2. The predicted octanol–water partition coefficient (Wildman–Crippen LogP) is 3.82. The van der Waals surface area contributed by atoms with Crippen LogP contribution < -0.4 is 5.32 Å². The fourth-order valence-corrected chi connectivity index (χ4v) is 2.02. The molecule has 2 aromatic carbocycles. The third-order valence-electron chi connectivity index (χ3n) is 3.08. The number of nitrogens with one attached hydrogen (secondary N) is 1. The molecular formula is C16H11FN2O2. The van der Waals surface area contributed by atoms with Crippen molar-refractivity contribution in [1.82, 2.24) is 4.98 Å². The highest BCUT2D eigenvalue weighted by Gasteiger charge is 2.09. The third-order valence-corrected chi connectivity index (χ3v) is 3.08. The monoisotopic (exact) mass is 282 g/mol. The Morgan fingerprint density at radius 2 is 1.90 bits per heavy atom. The minimum absolute atomic E-state index is 0.0930. The van der Waals surface area contributed by atoms with Gasteiger partial charge in [-0.3, -0.25) is 0 Å². The molecule has 0 aliphatic heterocycles. The lowest BCUT2D eigenvalue weighted by molar-refractivity contribution is 0.0696. The van der Waals surface area contributed by atoms with Crippen LogP contribution in [0.25, 0.3) is 10.9 Å². The maximum absolute atomic E-state index is 13.9. The molecule has 0 aliphatic carbocycles. The lowest BCUT2D eigenvalue weighted by Gasteiger charge is -2.08. The fraction of sp³-hybridized carbons (Fsp3) is 0. The number of anilines is 2. The van der Waals surface area contributed by atoms with Crippen LogP contribution in [-0.4, -0.2) is 16.1 Å². The van der Waals surface area contributed by atoms with Crippen LogP contribution in [0.1, 0.15) is 10.4 Å². The van der Waals surface area contributed by atoms with Gasteiger partial charge in [0, 0.05) is 5.39 Å². The van der Waals surface area contributed by atoms with Crippen LogP contribution in [-0.2, 0) is 0 Å². The fourth-order valence-electron chi connectivity index (χ4n) is 2.02. The number of carboxylic acids is 1. The van der Waals surface area contributed by atoms with E-state index in [4.69, 9.17) is 5.11 Å². The van der Waals surface area contributed by atoms with E-state index in [1.54, 1.807) is 6.07 Å². The van der Waals surface area contributed by atoms with Gasteiger partial charge in [-0.15, -0.1) is 0 Å². The highest BCUT2D eigenvalue weighted by atomic mass is 19.1. The molecule has 2 N–H and O–H groups in total. The van der Waals surface area contributed by atoms with Crippen LogP contribution in [0.4, 0.5) is 15.9 Å². The second kappa shape index (κ2) is 5.20. The third kappa shape index (κ3) is 2.67. The summed E-state index contributed by atoms with van der Waals surface area (Å²) in [6.45, 7) is 0. The van der Waals surface area contributed by atoms with Crippen molar-refractivity contribution < 1.29 is 14.3 Å². The molecule has 4 nitrogen and oxygen atoms in total. The zero-order chi connectivity index (χ0) is 14.8. The molecule has 3 rings (SSSR count). The molecule has 0 saturated heterocycles. The normalized spacial score (nSPS) is 10.5. The Bertz CT molecular complexity index is 833. The van der Waals surface area contributed by atoms with Crippen molar-refractivity contribution in [2.45, 2.75) is 0 Å². The van der Waals surface area contributed by atoms with Gasteiger partial charge in [-0.2, -0.15) is 0 Å². The Balaban J connectivity index is 1.93. The number of aromatic nitrogens is 1. The molecule has 3 aromatic rings. The topological polar surface area (TPSA) is 62.2 Å². The zero-order valence-electron chi connectivity index (χ0n) is 10.9. The number of hydrogen-bond acceptors (Lipinski definition) is 3. The summed E-state index contributed by atoms with van der Waals surface area (Å²) in [6, 6.07) is 14.9. The van der Waals surface area contributed by atoms with E-state index in [9.17, 15) is 9.18 Å². The predicted molar refractivity (Wildman–Crippen MR) is 78.4 cm³/mol. The van der Waals surface area contributed by atoms with Crippen LogP contribution in [0.15, 0.2) is 54.6 Å². The number of halogens is 1. The molecule has 0 fully saturated rings.